The Morgan fingerprint density at radius 2 is 1.40 bits per heavy atom. The number of ketones is 1. The molecule has 7 rings (SSSR count). The van der Waals surface area contributed by atoms with E-state index >= 15 is 0 Å². The van der Waals surface area contributed by atoms with Crippen LogP contribution in [0.4, 0.5) is 11.4 Å². The van der Waals surface area contributed by atoms with Crippen LogP contribution in [0.2, 0.25) is 0 Å². The number of rotatable bonds is 21. The molecule has 1 aromatic heterocycles. The Bertz CT molecular complexity index is 2500. The van der Waals surface area contributed by atoms with Crippen molar-refractivity contribution < 1.29 is 28.5 Å². The average molecular weight is 1160 g/mol. The van der Waals surface area contributed by atoms with Gasteiger partial charge in [0.05, 0.1) is 30.6 Å². The third kappa shape index (κ3) is 29.4. The fourth-order valence-corrected chi connectivity index (χ4v) is 9.88. The number of carbonyl (C=O) groups is 4. The van der Waals surface area contributed by atoms with Gasteiger partial charge in [-0.2, -0.15) is 0 Å². The van der Waals surface area contributed by atoms with E-state index in [1.54, 1.807) is 27.0 Å². The standard InChI is InChI=1S/C15H16BN2O3.C15H19N2O2.C13H18N2.C11H24.C9H20.C5H10.C4H10/c1-9-3-4-10(2)11(7-9)15(21)18(8-19)12-5-6-13(16)17-14(12)20;1-10-7-12(11(2)18)8-14(16-10)13-9-17(3)6-5-15(13)19-4;1-4-5-6-13-14-11-8-7-10(2)9-12(11)15(13)3;1-4-7-8-10-11(6-3)9-5-2;1-4-6-7-8-9(3)5-2;1-2-4-5-3-1;1-3-4-2/h3-4,7-8,12H,5-6H2,1-2H3,(H,17,20);7-9H,5-6H2,1-4H3;6-9,14H,4-5H2,1-3H3;11H,4-10H2,1-3H3;9H,4-8H2,1-3H3;1-5H2;3-4H2,1-2H3/q;+1;;;;;/b;;13-6-;;;;. The number of pyridine rings is 1. The third-order valence-electron chi connectivity index (χ3n) is 15.8. The SMILES string of the molecule is C1CCCC1.CCC/C=C1/Nc2ccc(C)cc2N1C.CCCC.CCCCCC(C)CC.CCCCCC(CC)CCC.COC1=C(c2cc(C(C)=O)cc(C)n2)C=[N+](C)CC1.[B]=C1CCC(N(C=O)C(=O)c2cc(C)ccc2C)C(=O)N1. The first kappa shape index (κ1) is 76.4. The van der Waals surface area contributed by atoms with E-state index in [1.165, 1.54) is 151 Å². The van der Waals surface area contributed by atoms with Gasteiger partial charge in [0, 0.05) is 18.3 Å². The van der Waals surface area contributed by atoms with Crippen LogP contribution in [-0.4, -0.2) is 91.5 Å². The number of hydrogen-bond acceptors (Lipinski definition) is 8. The van der Waals surface area contributed by atoms with Gasteiger partial charge in [-0.15, -0.1) is 0 Å². The van der Waals surface area contributed by atoms with E-state index in [0.717, 1.165) is 70.0 Å². The van der Waals surface area contributed by atoms with Crippen LogP contribution in [0.15, 0.2) is 66.2 Å². The van der Waals surface area contributed by atoms with Gasteiger partial charge in [-0.25, -0.2) is 4.58 Å². The first-order chi connectivity index (χ1) is 40.2. The average Bonchev–Trinajstić information content (AvgIpc) is 4.24. The van der Waals surface area contributed by atoms with Gasteiger partial charge in [-0.05, 0) is 74.9 Å². The number of nitrogens with zero attached hydrogens (tertiary/aromatic N) is 4. The summed E-state index contributed by atoms with van der Waals surface area (Å²) in [6.07, 6.45) is 35.7. The number of unbranched alkanes of at least 4 members (excludes halogenated alkanes) is 6. The zero-order valence-electron chi connectivity index (χ0n) is 56.2. The van der Waals surface area contributed by atoms with Crippen molar-refractivity contribution in [2.75, 3.05) is 38.0 Å². The Labute approximate surface area is 513 Å². The Morgan fingerprint density at radius 1 is 0.786 bits per heavy atom. The van der Waals surface area contributed by atoms with Gasteiger partial charge in [-0.3, -0.25) is 9.78 Å². The van der Waals surface area contributed by atoms with E-state index in [-0.39, 0.29) is 5.78 Å². The second kappa shape index (κ2) is 44.8. The molecule has 12 heteroatoms. The minimum atomic E-state index is -0.817. The van der Waals surface area contributed by atoms with Gasteiger partial charge in [0.2, 0.25) is 0 Å². The normalized spacial score (nSPS) is 16.0. The molecule has 3 aromatic rings. The summed E-state index contributed by atoms with van der Waals surface area (Å²) in [5, 5.41) is 5.91. The molecule has 84 heavy (non-hydrogen) atoms. The van der Waals surface area contributed by atoms with Crippen molar-refractivity contribution in [3.63, 3.8) is 0 Å². The molecular weight excluding hydrogens is 1040 g/mol. The minimum absolute atomic E-state index is 0.0514. The molecule has 0 bridgehead atoms. The number of hydrogen-bond donors (Lipinski definition) is 2. The second-order valence-corrected chi connectivity index (χ2v) is 23.5. The summed E-state index contributed by atoms with van der Waals surface area (Å²) < 4.78 is 7.55. The fourth-order valence-electron chi connectivity index (χ4n) is 9.88. The van der Waals surface area contributed by atoms with Crippen LogP contribution in [0.25, 0.3) is 5.57 Å². The first-order valence-electron chi connectivity index (χ1n) is 32.6. The number of fused-ring (bicyclic) bond motifs is 1. The molecule has 1 saturated carbocycles. The van der Waals surface area contributed by atoms with Crippen LogP contribution in [-0.2, 0) is 14.3 Å². The van der Waals surface area contributed by atoms with Crippen molar-refractivity contribution in [1.29, 1.82) is 0 Å². The summed E-state index contributed by atoms with van der Waals surface area (Å²) in [4.78, 5) is 55.1. The van der Waals surface area contributed by atoms with Gasteiger partial charge < -0.3 is 15.0 Å². The molecule has 1 saturated heterocycles. The molecule has 4 heterocycles. The number of piperidine rings is 1. The number of allylic oxidation sites excluding steroid dienone is 2. The Morgan fingerprint density at radius 3 is 1.94 bits per heavy atom. The number of Topliss-reactive ketones (excluding diaryl/α,β-unsaturated/α-hetero) is 1. The first-order valence-corrected chi connectivity index (χ1v) is 32.6. The molecule has 4 aliphatic rings. The van der Waals surface area contributed by atoms with Gasteiger partial charge >= 0.3 is 124 Å². The van der Waals surface area contributed by atoms with Crippen molar-refractivity contribution in [3.8, 4) is 0 Å². The Kier molecular flexibility index (Phi) is 40.7. The summed E-state index contributed by atoms with van der Waals surface area (Å²) in [6, 6.07) is 14.8. The van der Waals surface area contributed by atoms with Crippen LogP contribution >= 0.6 is 0 Å². The third-order valence-corrected chi connectivity index (χ3v) is 15.8. The zero-order valence-corrected chi connectivity index (χ0v) is 56.2. The Hall–Kier alpha value is -5.65. The van der Waals surface area contributed by atoms with Crippen molar-refractivity contribution in [2.45, 2.75) is 257 Å². The summed E-state index contributed by atoms with van der Waals surface area (Å²) >= 11 is 0. The van der Waals surface area contributed by atoms with E-state index in [9.17, 15) is 19.2 Å². The van der Waals surface area contributed by atoms with E-state index in [4.69, 9.17) is 12.2 Å². The van der Waals surface area contributed by atoms with Gasteiger partial charge in [0.25, 0.3) is 0 Å². The zero-order chi connectivity index (χ0) is 63.0. The Balaban J connectivity index is 0.000000518. The fraction of sp³-hybridized carbons (Fsp3) is 0.625. The molecular formula is C72H117BN6O5+. The molecule has 1 aliphatic carbocycles. The molecule has 2 fully saturated rings. The van der Waals surface area contributed by atoms with Crippen LogP contribution in [0, 0.1) is 39.5 Å². The van der Waals surface area contributed by atoms with Crippen LogP contribution in [0.1, 0.15) is 272 Å². The maximum absolute atomic E-state index is 12.6. The van der Waals surface area contributed by atoms with E-state index in [1.807, 2.05) is 51.4 Å². The number of imide groups is 1. The molecule has 3 aliphatic heterocycles. The number of benzene rings is 2. The second-order valence-electron chi connectivity index (χ2n) is 23.5. The molecule has 467 valence electrons. The molecule has 3 amide bonds. The summed E-state index contributed by atoms with van der Waals surface area (Å²) in [7, 11) is 11.4. The number of ether oxygens (including phenoxy) is 1. The van der Waals surface area contributed by atoms with Crippen LogP contribution in [0.3, 0.4) is 0 Å². The van der Waals surface area contributed by atoms with E-state index in [2.05, 4.69) is 126 Å². The number of methoxy groups -OCH3 is 1. The number of anilines is 2. The van der Waals surface area contributed by atoms with Gasteiger partial charge in [-0.1, -0.05) is 197 Å². The molecule has 3 unspecified atom stereocenters. The summed E-state index contributed by atoms with van der Waals surface area (Å²) in [5.41, 5.74) is 9.55. The summed E-state index contributed by atoms with van der Waals surface area (Å²) in [5.74, 6) is 3.26. The number of amides is 3. The van der Waals surface area contributed by atoms with Crippen molar-refractivity contribution in [3.05, 3.63) is 105 Å². The van der Waals surface area contributed by atoms with Gasteiger partial charge in [0.1, 0.15) is 30.7 Å². The number of aromatic nitrogens is 1. The van der Waals surface area contributed by atoms with E-state index < -0.39 is 17.9 Å². The van der Waals surface area contributed by atoms with Gasteiger partial charge in [0.15, 0.2) is 12.0 Å². The van der Waals surface area contributed by atoms with Crippen LogP contribution in [0.5, 0.6) is 0 Å². The van der Waals surface area contributed by atoms with E-state index in [0.29, 0.717) is 36.0 Å². The predicted octanol–water partition coefficient (Wildman–Crippen LogP) is 17.8. The molecule has 3 atom stereocenters. The molecule has 2 aromatic carbocycles. The number of nitrogens with one attached hydrogen (secondary N) is 2. The molecule has 2 N–H and O–H groups in total. The molecule has 1 radical (unpaired) electrons. The molecule has 11 nitrogen and oxygen atoms in total. The number of carbonyl (C=O) groups excluding carboxylic acids is 4. The van der Waals surface area contributed by atoms with Crippen molar-refractivity contribution in [1.82, 2.24) is 15.2 Å². The number of aryl methyl sites for hydroxylation is 4. The summed E-state index contributed by atoms with van der Waals surface area (Å²) in [6.45, 7) is 30.5. The molecule has 0 spiro atoms. The van der Waals surface area contributed by atoms with Crippen molar-refractivity contribution in [2.24, 2.45) is 11.8 Å². The topological polar surface area (TPSA) is 124 Å². The van der Waals surface area contributed by atoms with Crippen molar-refractivity contribution >= 4 is 60.2 Å². The predicted molar refractivity (Wildman–Crippen MR) is 361 cm³/mol. The quantitative estimate of drug-likeness (QED) is 0.0355. The van der Waals surface area contributed by atoms with Crippen LogP contribution < -0.4 is 15.5 Å². The maximum atomic E-state index is 12.6. The monoisotopic (exact) mass is 1160 g/mol.